The minimum atomic E-state index is -0.0289. The third-order valence-corrected chi connectivity index (χ3v) is 5.42. The second-order valence-corrected chi connectivity index (χ2v) is 7.49. The van der Waals surface area contributed by atoms with Gasteiger partial charge in [-0.2, -0.15) is 5.10 Å². The molecule has 1 aliphatic carbocycles. The first kappa shape index (κ1) is 20.9. The lowest BCUT2D eigenvalue weighted by molar-refractivity contribution is 0.246. The topological polar surface area (TPSA) is 35.6 Å². The molecular weight excluding hydrogens is 332 g/mol. The Kier molecular flexibility index (Phi) is 6.63. The van der Waals surface area contributed by atoms with Crippen LogP contribution < -0.4 is 0 Å². The van der Waals surface area contributed by atoms with Crippen molar-refractivity contribution in [3.63, 3.8) is 0 Å². The highest BCUT2D eigenvalue weighted by Crippen LogP contribution is 2.47. The Bertz CT molecular complexity index is 824. The first-order valence-electron chi connectivity index (χ1n) is 9.89. The molecule has 0 radical (unpaired) electrons. The van der Waals surface area contributed by atoms with Crippen LogP contribution >= 0.6 is 0 Å². The molecule has 2 aromatic heterocycles. The first-order valence-corrected chi connectivity index (χ1v) is 9.89. The van der Waals surface area contributed by atoms with Gasteiger partial charge < -0.3 is 0 Å². The van der Waals surface area contributed by atoms with Crippen molar-refractivity contribution in [1.82, 2.24) is 19.3 Å². The van der Waals surface area contributed by atoms with Crippen molar-refractivity contribution in [2.75, 3.05) is 0 Å². The van der Waals surface area contributed by atoms with Crippen LogP contribution in [0, 0.1) is 5.92 Å². The molecule has 0 N–H and O–H groups in total. The monoisotopic (exact) mass is 366 g/mol. The Morgan fingerprint density at radius 2 is 2.07 bits per heavy atom. The molecule has 0 spiro atoms. The van der Waals surface area contributed by atoms with E-state index in [4.69, 9.17) is 4.98 Å². The molecule has 0 bridgehead atoms. The van der Waals surface area contributed by atoms with Crippen molar-refractivity contribution < 1.29 is 0 Å². The van der Waals surface area contributed by atoms with Gasteiger partial charge in [0.2, 0.25) is 0 Å². The second-order valence-electron chi connectivity index (χ2n) is 7.49. The molecule has 0 amide bonds. The summed E-state index contributed by atoms with van der Waals surface area (Å²) >= 11 is 0. The van der Waals surface area contributed by atoms with E-state index in [2.05, 4.69) is 43.3 Å². The van der Waals surface area contributed by atoms with Gasteiger partial charge in [0.25, 0.3) is 0 Å². The number of aromatic nitrogens is 4. The Labute approximate surface area is 164 Å². The highest BCUT2D eigenvalue weighted by Gasteiger charge is 2.43. The molecule has 2 atom stereocenters. The molecular formula is C23H34N4. The van der Waals surface area contributed by atoms with Gasteiger partial charge in [-0.1, -0.05) is 39.0 Å². The summed E-state index contributed by atoms with van der Waals surface area (Å²) < 4.78 is 4.04. The summed E-state index contributed by atoms with van der Waals surface area (Å²) in [6.45, 7) is 20.6. The zero-order valence-corrected chi connectivity index (χ0v) is 17.6. The Morgan fingerprint density at radius 1 is 1.37 bits per heavy atom. The minimum Gasteiger partial charge on any atom is -0.294 e. The largest absolute Gasteiger partial charge is 0.294 e. The van der Waals surface area contributed by atoms with E-state index in [0.29, 0.717) is 5.92 Å². The lowest BCUT2D eigenvalue weighted by atomic mass is 9.64. The molecule has 0 saturated heterocycles. The van der Waals surface area contributed by atoms with E-state index in [-0.39, 0.29) is 5.41 Å². The van der Waals surface area contributed by atoms with Crippen molar-refractivity contribution in [3.8, 4) is 5.69 Å². The molecule has 0 aliphatic heterocycles. The average Bonchev–Trinajstić information content (AvgIpc) is 3.22. The quantitative estimate of drug-likeness (QED) is 0.620. The highest BCUT2D eigenvalue weighted by atomic mass is 15.3. The van der Waals surface area contributed by atoms with Crippen LogP contribution in [-0.2, 0) is 18.9 Å². The van der Waals surface area contributed by atoms with Gasteiger partial charge in [0.1, 0.15) is 5.82 Å². The first-order chi connectivity index (χ1) is 12.9. The smallest absolute Gasteiger partial charge is 0.137 e. The van der Waals surface area contributed by atoms with Gasteiger partial charge in [-0.3, -0.25) is 9.25 Å². The number of rotatable bonds is 6. The van der Waals surface area contributed by atoms with Crippen LogP contribution in [-0.4, -0.2) is 19.3 Å². The molecule has 27 heavy (non-hydrogen) atoms. The van der Waals surface area contributed by atoms with Crippen molar-refractivity contribution in [1.29, 1.82) is 0 Å². The van der Waals surface area contributed by atoms with Gasteiger partial charge in [-0.25, -0.2) is 4.98 Å². The van der Waals surface area contributed by atoms with Crippen LogP contribution in [0.3, 0.4) is 0 Å². The van der Waals surface area contributed by atoms with E-state index < -0.39 is 0 Å². The van der Waals surface area contributed by atoms with Gasteiger partial charge in [-0.15, -0.1) is 13.2 Å². The number of aryl methyl sites for hydroxylation is 1. The molecule has 2 unspecified atom stereocenters. The fourth-order valence-corrected chi connectivity index (χ4v) is 4.37. The van der Waals surface area contributed by atoms with Gasteiger partial charge >= 0.3 is 0 Å². The maximum absolute atomic E-state index is 5.03. The van der Waals surface area contributed by atoms with Crippen molar-refractivity contribution in [3.05, 3.63) is 61.0 Å². The summed E-state index contributed by atoms with van der Waals surface area (Å²) in [7, 11) is 1.94. The number of nitrogens with zero attached hydrogens (tertiary/aromatic N) is 4. The number of fused-ring (bicyclic) bond motifs is 1. The lowest BCUT2D eigenvalue weighted by Crippen LogP contribution is -2.37. The van der Waals surface area contributed by atoms with Crippen LogP contribution in [0.1, 0.15) is 64.2 Å². The average molecular weight is 367 g/mol. The van der Waals surface area contributed by atoms with E-state index in [1.54, 1.807) is 0 Å². The Balaban J connectivity index is 0.00000126. The third-order valence-electron chi connectivity index (χ3n) is 5.42. The summed E-state index contributed by atoms with van der Waals surface area (Å²) in [6.07, 6.45) is 11.9. The van der Waals surface area contributed by atoms with Crippen LogP contribution in [0.5, 0.6) is 0 Å². The summed E-state index contributed by atoms with van der Waals surface area (Å²) in [5.41, 5.74) is 4.68. The van der Waals surface area contributed by atoms with Crippen LogP contribution in [0.4, 0.5) is 0 Å². The SMILES string of the molecule is C=CCC1CCc2c(nc(C=C)n2-c2cnn(C)c2)C1(C)CC(=C)C.CC. The molecule has 2 heterocycles. The van der Waals surface area contributed by atoms with Gasteiger partial charge in [0.05, 0.1) is 17.6 Å². The van der Waals surface area contributed by atoms with Crippen LogP contribution in [0.2, 0.25) is 0 Å². The summed E-state index contributed by atoms with van der Waals surface area (Å²) in [6, 6.07) is 0. The maximum Gasteiger partial charge on any atom is 0.137 e. The van der Waals surface area contributed by atoms with Crippen molar-refractivity contribution in [2.45, 2.75) is 58.8 Å². The van der Waals surface area contributed by atoms with E-state index in [9.17, 15) is 0 Å². The number of allylic oxidation sites excluding steroid dienone is 2. The second kappa shape index (κ2) is 8.55. The normalized spacial score (nSPS) is 21.0. The molecule has 0 saturated carbocycles. The van der Waals surface area contributed by atoms with Gasteiger partial charge in [0.15, 0.2) is 0 Å². The molecule has 3 rings (SSSR count). The van der Waals surface area contributed by atoms with Crippen molar-refractivity contribution >= 4 is 6.08 Å². The van der Waals surface area contributed by atoms with E-state index in [0.717, 1.165) is 37.2 Å². The molecule has 0 aromatic carbocycles. The van der Waals surface area contributed by atoms with Gasteiger partial charge in [0, 0.05) is 24.4 Å². The molecule has 1 aliphatic rings. The minimum absolute atomic E-state index is 0.0289. The Morgan fingerprint density at radius 3 is 2.59 bits per heavy atom. The zero-order valence-electron chi connectivity index (χ0n) is 17.6. The summed E-state index contributed by atoms with van der Waals surface area (Å²) in [4.78, 5) is 5.03. The van der Waals surface area contributed by atoms with E-state index in [1.807, 2.05) is 50.1 Å². The zero-order chi connectivity index (χ0) is 20.2. The predicted molar refractivity (Wildman–Crippen MR) is 115 cm³/mol. The molecule has 4 nitrogen and oxygen atoms in total. The molecule has 146 valence electrons. The predicted octanol–water partition coefficient (Wildman–Crippen LogP) is 5.64. The van der Waals surface area contributed by atoms with Crippen LogP contribution in [0.25, 0.3) is 11.8 Å². The fraction of sp³-hybridized carbons (Fsp3) is 0.478. The lowest BCUT2D eigenvalue weighted by Gasteiger charge is -2.41. The number of imidazole rings is 1. The Hall–Kier alpha value is -2.36. The number of hydrogen-bond acceptors (Lipinski definition) is 2. The van der Waals surface area contributed by atoms with Crippen LogP contribution in [0.15, 0.2) is 43.8 Å². The standard InChI is InChI=1S/C21H28N4.C2H6/c1-7-9-16-10-11-18-20(21(16,5)12-15(3)4)23-19(8-2)25(18)17-13-22-24(6)14-17;1-2/h7-8,13-14,16H,1-3,9-12H2,4-6H3;1-2H3. The summed E-state index contributed by atoms with van der Waals surface area (Å²) in [5, 5.41) is 4.33. The highest BCUT2D eigenvalue weighted by molar-refractivity contribution is 5.49. The van der Waals surface area contributed by atoms with E-state index >= 15 is 0 Å². The molecule has 4 heteroatoms. The third kappa shape index (κ3) is 3.85. The fourth-order valence-electron chi connectivity index (χ4n) is 4.37. The van der Waals surface area contributed by atoms with E-state index in [1.165, 1.54) is 17.0 Å². The summed E-state index contributed by atoms with van der Waals surface area (Å²) in [5.74, 6) is 1.43. The maximum atomic E-state index is 5.03. The van der Waals surface area contributed by atoms with Gasteiger partial charge in [-0.05, 0) is 44.6 Å². The molecule has 2 aromatic rings. The number of hydrogen-bond donors (Lipinski definition) is 0. The van der Waals surface area contributed by atoms with Crippen molar-refractivity contribution in [2.24, 2.45) is 13.0 Å². The molecule has 0 fully saturated rings.